The van der Waals surface area contributed by atoms with E-state index in [4.69, 9.17) is 5.11 Å². The molecule has 0 heterocycles. The molecule has 0 aromatic rings. The second kappa shape index (κ2) is 7.14. The molecule has 1 saturated carbocycles. The van der Waals surface area contributed by atoms with E-state index in [1.807, 2.05) is 7.05 Å². The Bertz CT molecular complexity index is 193. The fourth-order valence-electron chi connectivity index (χ4n) is 2.56. The Morgan fingerprint density at radius 2 is 2.19 bits per heavy atom. The van der Waals surface area contributed by atoms with Gasteiger partial charge in [-0.15, -0.1) is 0 Å². The normalized spacial score (nSPS) is 25.9. The molecule has 3 nitrogen and oxygen atoms in total. The van der Waals surface area contributed by atoms with Crippen LogP contribution in [0.5, 0.6) is 0 Å². The van der Waals surface area contributed by atoms with Gasteiger partial charge in [0.05, 0.1) is 13.2 Å². The molecule has 0 amide bonds. The van der Waals surface area contributed by atoms with Crippen LogP contribution < -0.4 is 5.32 Å². The fourth-order valence-corrected chi connectivity index (χ4v) is 2.56. The lowest BCUT2D eigenvalue weighted by molar-refractivity contribution is 0.0680. The maximum Gasteiger partial charge on any atom is 0.251 e. The molecule has 0 aromatic carbocycles. The summed E-state index contributed by atoms with van der Waals surface area (Å²) in [6.07, 6.45) is 1.07. The number of nitrogens with zero attached hydrogens (tertiary/aromatic N) is 1. The number of hydrogen-bond acceptors (Lipinski definition) is 3. The third-order valence-electron chi connectivity index (χ3n) is 3.34. The maximum absolute atomic E-state index is 12.3. The van der Waals surface area contributed by atoms with E-state index >= 15 is 0 Å². The first-order valence-electron chi connectivity index (χ1n) is 5.96. The predicted molar refractivity (Wildman–Crippen MR) is 59.7 cm³/mol. The van der Waals surface area contributed by atoms with Crippen LogP contribution in [0.1, 0.15) is 19.3 Å². The van der Waals surface area contributed by atoms with Crippen molar-refractivity contribution < 1.29 is 13.9 Å². The average molecular weight is 236 g/mol. The lowest BCUT2D eigenvalue weighted by Crippen LogP contribution is -2.40. The van der Waals surface area contributed by atoms with Crippen LogP contribution in [0.4, 0.5) is 8.78 Å². The van der Waals surface area contributed by atoms with Gasteiger partial charge in [0.2, 0.25) is 0 Å². The van der Waals surface area contributed by atoms with E-state index in [0.717, 1.165) is 19.3 Å². The van der Waals surface area contributed by atoms with Gasteiger partial charge in [0.1, 0.15) is 0 Å². The van der Waals surface area contributed by atoms with Crippen molar-refractivity contribution >= 4 is 0 Å². The van der Waals surface area contributed by atoms with Gasteiger partial charge in [0, 0.05) is 19.1 Å². The second-order valence-electron chi connectivity index (χ2n) is 4.46. The molecule has 96 valence electrons. The molecule has 1 aliphatic carbocycles. The summed E-state index contributed by atoms with van der Waals surface area (Å²) in [4.78, 5) is 1.67. The first-order chi connectivity index (χ1) is 7.67. The lowest BCUT2D eigenvalue weighted by Gasteiger charge is -2.27. The van der Waals surface area contributed by atoms with Crippen LogP contribution in [0.3, 0.4) is 0 Å². The van der Waals surface area contributed by atoms with Crippen LogP contribution in [0, 0.1) is 5.92 Å². The van der Waals surface area contributed by atoms with Gasteiger partial charge in [-0.05, 0) is 25.8 Å². The number of halogens is 2. The molecule has 5 heteroatoms. The van der Waals surface area contributed by atoms with Gasteiger partial charge in [0.25, 0.3) is 6.43 Å². The highest BCUT2D eigenvalue weighted by atomic mass is 19.3. The lowest BCUT2D eigenvalue weighted by atomic mass is 10.0. The Morgan fingerprint density at radius 1 is 1.44 bits per heavy atom. The fraction of sp³-hybridized carbons (Fsp3) is 1.00. The number of alkyl halides is 2. The number of rotatable bonds is 7. The first-order valence-corrected chi connectivity index (χ1v) is 5.96. The molecule has 0 radical (unpaired) electrons. The second-order valence-corrected chi connectivity index (χ2v) is 4.46. The SMILES string of the molecule is CNC1CCCC1CN(CCO)CC(F)F. The molecule has 1 rings (SSSR count). The van der Waals surface area contributed by atoms with E-state index in [-0.39, 0.29) is 13.2 Å². The predicted octanol–water partition coefficient (Wildman–Crippen LogP) is 0.934. The Labute approximate surface area is 95.8 Å². The molecule has 0 aromatic heterocycles. The Kier molecular flexibility index (Phi) is 6.16. The van der Waals surface area contributed by atoms with Gasteiger partial charge in [-0.1, -0.05) is 6.42 Å². The number of hydrogen-bond donors (Lipinski definition) is 2. The monoisotopic (exact) mass is 236 g/mol. The van der Waals surface area contributed by atoms with Gasteiger partial charge in [-0.3, -0.25) is 4.90 Å². The molecule has 1 fully saturated rings. The van der Waals surface area contributed by atoms with Crippen molar-refractivity contribution in [2.24, 2.45) is 5.92 Å². The molecule has 0 saturated heterocycles. The number of aliphatic hydroxyl groups is 1. The van der Waals surface area contributed by atoms with Crippen LogP contribution in [0.25, 0.3) is 0 Å². The van der Waals surface area contributed by atoms with E-state index < -0.39 is 6.43 Å². The summed E-state index contributed by atoms with van der Waals surface area (Å²) < 4.78 is 24.6. The largest absolute Gasteiger partial charge is 0.395 e. The minimum Gasteiger partial charge on any atom is -0.395 e. The zero-order chi connectivity index (χ0) is 12.0. The summed E-state index contributed by atoms with van der Waals surface area (Å²) in [6.45, 7) is 0.727. The van der Waals surface area contributed by atoms with Gasteiger partial charge < -0.3 is 10.4 Å². The Hall–Kier alpha value is -0.260. The van der Waals surface area contributed by atoms with Crippen molar-refractivity contribution in [1.82, 2.24) is 10.2 Å². The molecule has 2 atom stereocenters. The molecular weight excluding hydrogens is 214 g/mol. The van der Waals surface area contributed by atoms with Crippen molar-refractivity contribution in [3.63, 3.8) is 0 Å². The molecule has 2 N–H and O–H groups in total. The average Bonchev–Trinajstić information content (AvgIpc) is 2.64. The summed E-state index contributed by atoms with van der Waals surface area (Å²) >= 11 is 0. The standard InChI is InChI=1S/C11H22F2N2O/c1-14-10-4-2-3-9(10)7-15(5-6-16)8-11(12)13/h9-11,14,16H,2-8H2,1H3. The zero-order valence-corrected chi connectivity index (χ0v) is 9.83. The van der Waals surface area contributed by atoms with E-state index in [0.29, 0.717) is 25.0 Å². The minimum atomic E-state index is -2.32. The van der Waals surface area contributed by atoms with Crippen molar-refractivity contribution in [2.75, 3.05) is 33.3 Å². The molecule has 0 bridgehead atoms. The van der Waals surface area contributed by atoms with Gasteiger partial charge in [-0.25, -0.2) is 8.78 Å². The first kappa shape index (κ1) is 13.8. The topological polar surface area (TPSA) is 35.5 Å². The summed E-state index contributed by atoms with van der Waals surface area (Å²) in [6, 6.07) is 0.443. The highest BCUT2D eigenvalue weighted by Crippen LogP contribution is 2.26. The van der Waals surface area contributed by atoms with Gasteiger partial charge in [0.15, 0.2) is 0 Å². The number of aliphatic hydroxyl groups excluding tert-OH is 1. The molecular formula is C11H22F2N2O. The van der Waals surface area contributed by atoms with Gasteiger partial charge >= 0.3 is 0 Å². The smallest absolute Gasteiger partial charge is 0.251 e. The van der Waals surface area contributed by atoms with Crippen LogP contribution in [-0.2, 0) is 0 Å². The summed E-state index contributed by atoms with van der Waals surface area (Å²) in [5.41, 5.74) is 0. The van der Waals surface area contributed by atoms with E-state index in [2.05, 4.69) is 5.32 Å². The highest BCUT2D eigenvalue weighted by molar-refractivity contribution is 4.84. The molecule has 0 aliphatic heterocycles. The zero-order valence-electron chi connectivity index (χ0n) is 9.83. The molecule has 2 unspecified atom stereocenters. The molecule has 16 heavy (non-hydrogen) atoms. The van der Waals surface area contributed by atoms with Crippen molar-refractivity contribution in [3.05, 3.63) is 0 Å². The number of nitrogens with one attached hydrogen (secondary N) is 1. The van der Waals surface area contributed by atoms with Crippen LogP contribution in [0.2, 0.25) is 0 Å². The molecule has 0 spiro atoms. The quantitative estimate of drug-likeness (QED) is 0.690. The maximum atomic E-state index is 12.3. The Morgan fingerprint density at radius 3 is 2.75 bits per heavy atom. The Balaban J connectivity index is 2.40. The van der Waals surface area contributed by atoms with Crippen molar-refractivity contribution in [3.8, 4) is 0 Å². The minimum absolute atomic E-state index is 0.0519. The van der Waals surface area contributed by atoms with Gasteiger partial charge in [-0.2, -0.15) is 0 Å². The molecule has 1 aliphatic rings. The summed E-state index contributed by atoms with van der Waals surface area (Å²) in [7, 11) is 1.92. The van der Waals surface area contributed by atoms with E-state index in [1.165, 1.54) is 0 Å². The highest BCUT2D eigenvalue weighted by Gasteiger charge is 2.28. The third-order valence-corrected chi connectivity index (χ3v) is 3.34. The summed E-state index contributed by atoms with van der Waals surface area (Å²) in [5, 5.41) is 12.1. The van der Waals surface area contributed by atoms with E-state index in [9.17, 15) is 8.78 Å². The van der Waals surface area contributed by atoms with Crippen LogP contribution in [0.15, 0.2) is 0 Å². The third kappa shape index (κ3) is 4.31. The summed E-state index contributed by atoms with van der Waals surface area (Å²) in [5.74, 6) is 0.440. The van der Waals surface area contributed by atoms with Crippen LogP contribution in [-0.4, -0.2) is 55.8 Å². The van der Waals surface area contributed by atoms with E-state index in [1.54, 1.807) is 4.90 Å². The van der Waals surface area contributed by atoms with Crippen molar-refractivity contribution in [1.29, 1.82) is 0 Å². The van der Waals surface area contributed by atoms with Crippen LogP contribution >= 0.6 is 0 Å². The van der Waals surface area contributed by atoms with Crippen molar-refractivity contribution in [2.45, 2.75) is 31.7 Å².